The van der Waals surface area contributed by atoms with Crippen LogP contribution in [-0.2, 0) is 11.2 Å². The van der Waals surface area contributed by atoms with Gasteiger partial charge in [-0.25, -0.2) is 0 Å². The minimum atomic E-state index is 0.0841. The van der Waals surface area contributed by atoms with Gasteiger partial charge in [0.15, 0.2) is 0 Å². The molecule has 126 valence electrons. The Balaban J connectivity index is 1.44. The number of amides is 1. The average molecular weight is 323 g/mol. The molecule has 0 unspecified atom stereocenters. The number of anilines is 2. The largest absolute Gasteiger partial charge is 0.369 e. The van der Waals surface area contributed by atoms with E-state index in [0.29, 0.717) is 6.42 Å². The Morgan fingerprint density at radius 3 is 2.42 bits per heavy atom. The van der Waals surface area contributed by atoms with E-state index in [1.165, 1.54) is 11.3 Å². The first-order valence-electron chi connectivity index (χ1n) is 8.71. The van der Waals surface area contributed by atoms with Gasteiger partial charge in [0, 0.05) is 44.0 Å². The molecule has 0 saturated carbocycles. The fraction of sp³-hybridized carbons (Fsp3) is 0.350. The SMILES string of the molecule is O=C(CCCc1ccccc1)Nc1ccc(N2CCNCC2)cc1. The minimum absolute atomic E-state index is 0.0841. The fourth-order valence-electron chi connectivity index (χ4n) is 3.00. The molecule has 0 atom stereocenters. The normalized spacial score (nSPS) is 14.4. The van der Waals surface area contributed by atoms with E-state index in [1.807, 2.05) is 30.3 Å². The van der Waals surface area contributed by atoms with E-state index in [1.54, 1.807) is 0 Å². The van der Waals surface area contributed by atoms with E-state index in [2.05, 4.69) is 39.8 Å². The first kappa shape index (κ1) is 16.5. The van der Waals surface area contributed by atoms with E-state index < -0.39 is 0 Å². The molecule has 4 nitrogen and oxygen atoms in total. The Bertz CT molecular complexity index is 634. The van der Waals surface area contributed by atoms with E-state index in [4.69, 9.17) is 0 Å². The second kappa shape index (κ2) is 8.50. The lowest BCUT2D eigenvalue weighted by Crippen LogP contribution is -2.43. The molecular weight excluding hydrogens is 298 g/mol. The molecule has 24 heavy (non-hydrogen) atoms. The Morgan fingerprint density at radius 2 is 1.71 bits per heavy atom. The van der Waals surface area contributed by atoms with E-state index in [0.717, 1.165) is 44.7 Å². The first-order valence-corrected chi connectivity index (χ1v) is 8.71. The molecule has 3 rings (SSSR count). The maximum atomic E-state index is 12.1. The summed E-state index contributed by atoms with van der Waals surface area (Å²) < 4.78 is 0. The van der Waals surface area contributed by atoms with Crippen molar-refractivity contribution in [3.05, 3.63) is 60.2 Å². The Kier molecular flexibility index (Phi) is 5.85. The molecule has 1 amide bonds. The number of rotatable bonds is 6. The molecule has 0 spiro atoms. The van der Waals surface area contributed by atoms with Crippen LogP contribution >= 0.6 is 0 Å². The van der Waals surface area contributed by atoms with Crippen molar-refractivity contribution in [2.45, 2.75) is 19.3 Å². The van der Waals surface area contributed by atoms with Gasteiger partial charge in [0.05, 0.1) is 0 Å². The van der Waals surface area contributed by atoms with Crippen LogP contribution in [0.15, 0.2) is 54.6 Å². The predicted octanol–water partition coefficient (Wildman–Crippen LogP) is 3.06. The highest BCUT2D eigenvalue weighted by atomic mass is 16.1. The Morgan fingerprint density at radius 1 is 1.00 bits per heavy atom. The Labute approximate surface area is 143 Å². The number of nitrogens with one attached hydrogen (secondary N) is 2. The summed E-state index contributed by atoms with van der Waals surface area (Å²) in [7, 11) is 0. The second-order valence-corrected chi connectivity index (χ2v) is 6.17. The zero-order valence-electron chi connectivity index (χ0n) is 14.0. The van der Waals surface area contributed by atoms with Crippen molar-refractivity contribution < 1.29 is 4.79 Å². The van der Waals surface area contributed by atoms with Crippen molar-refractivity contribution in [2.24, 2.45) is 0 Å². The molecule has 0 aliphatic carbocycles. The number of hydrogen-bond acceptors (Lipinski definition) is 3. The van der Waals surface area contributed by atoms with Crippen LogP contribution in [0.3, 0.4) is 0 Å². The van der Waals surface area contributed by atoms with Gasteiger partial charge in [0.1, 0.15) is 0 Å². The highest BCUT2D eigenvalue weighted by molar-refractivity contribution is 5.90. The van der Waals surface area contributed by atoms with Gasteiger partial charge in [-0.1, -0.05) is 30.3 Å². The van der Waals surface area contributed by atoms with Crippen molar-refractivity contribution in [3.63, 3.8) is 0 Å². The van der Waals surface area contributed by atoms with Crippen LogP contribution in [0.1, 0.15) is 18.4 Å². The van der Waals surface area contributed by atoms with Gasteiger partial charge < -0.3 is 15.5 Å². The summed E-state index contributed by atoms with van der Waals surface area (Å²) in [4.78, 5) is 14.4. The van der Waals surface area contributed by atoms with Gasteiger partial charge in [-0.3, -0.25) is 4.79 Å². The van der Waals surface area contributed by atoms with Crippen LogP contribution in [0.25, 0.3) is 0 Å². The van der Waals surface area contributed by atoms with Gasteiger partial charge >= 0.3 is 0 Å². The summed E-state index contributed by atoms with van der Waals surface area (Å²) in [6, 6.07) is 18.5. The van der Waals surface area contributed by atoms with Crippen LogP contribution < -0.4 is 15.5 Å². The summed E-state index contributed by atoms with van der Waals surface area (Å²) in [5.41, 5.74) is 3.38. The third-order valence-electron chi connectivity index (χ3n) is 4.35. The topological polar surface area (TPSA) is 44.4 Å². The first-order chi connectivity index (χ1) is 11.8. The monoisotopic (exact) mass is 323 g/mol. The number of hydrogen-bond donors (Lipinski definition) is 2. The molecule has 1 aliphatic rings. The molecular formula is C20H25N3O. The second-order valence-electron chi connectivity index (χ2n) is 6.17. The van der Waals surface area contributed by atoms with Crippen molar-refractivity contribution in [1.29, 1.82) is 0 Å². The zero-order valence-corrected chi connectivity index (χ0v) is 14.0. The number of aryl methyl sites for hydroxylation is 1. The van der Waals surface area contributed by atoms with E-state index >= 15 is 0 Å². The molecule has 0 bridgehead atoms. The van der Waals surface area contributed by atoms with Crippen LogP contribution in [-0.4, -0.2) is 32.1 Å². The molecule has 0 aromatic heterocycles. The van der Waals surface area contributed by atoms with Gasteiger partial charge in [-0.15, -0.1) is 0 Å². The lowest BCUT2D eigenvalue weighted by molar-refractivity contribution is -0.116. The van der Waals surface area contributed by atoms with E-state index in [-0.39, 0.29) is 5.91 Å². The number of benzene rings is 2. The summed E-state index contributed by atoms with van der Waals surface area (Å²) >= 11 is 0. The molecule has 1 saturated heterocycles. The summed E-state index contributed by atoms with van der Waals surface area (Å²) in [5, 5.41) is 6.34. The lowest BCUT2D eigenvalue weighted by atomic mass is 10.1. The molecule has 2 aromatic carbocycles. The van der Waals surface area contributed by atoms with Crippen molar-refractivity contribution in [1.82, 2.24) is 5.32 Å². The van der Waals surface area contributed by atoms with Crippen LogP contribution in [0, 0.1) is 0 Å². The van der Waals surface area contributed by atoms with Gasteiger partial charge in [0.2, 0.25) is 5.91 Å². The summed E-state index contributed by atoms with van der Waals surface area (Å²) in [5.74, 6) is 0.0841. The number of carbonyl (C=O) groups excluding carboxylic acids is 1. The van der Waals surface area contributed by atoms with Crippen LogP contribution in [0.4, 0.5) is 11.4 Å². The zero-order chi connectivity index (χ0) is 16.6. The third-order valence-corrected chi connectivity index (χ3v) is 4.35. The van der Waals surface area contributed by atoms with Crippen LogP contribution in [0.2, 0.25) is 0 Å². The molecule has 4 heteroatoms. The highest BCUT2D eigenvalue weighted by Gasteiger charge is 2.10. The van der Waals surface area contributed by atoms with Gasteiger partial charge in [-0.2, -0.15) is 0 Å². The van der Waals surface area contributed by atoms with Crippen LogP contribution in [0.5, 0.6) is 0 Å². The molecule has 1 fully saturated rings. The quantitative estimate of drug-likeness (QED) is 0.859. The highest BCUT2D eigenvalue weighted by Crippen LogP contribution is 2.18. The van der Waals surface area contributed by atoms with Crippen molar-refractivity contribution >= 4 is 17.3 Å². The lowest BCUT2D eigenvalue weighted by Gasteiger charge is -2.29. The molecule has 1 aliphatic heterocycles. The fourth-order valence-corrected chi connectivity index (χ4v) is 3.00. The van der Waals surface area contributed by atoms with Gasteiger partial charge in [0.25, 0.3) is 0 Å². The summed E-state index contributed by atoms with van der Waals surface area (Å²) in [6.07, 6.45) is 2.36. The smallest absolute Gasteiger partial charge is 0.224 e. The molecule has 2 aromatic rings. The maximum Gasteiger partial charge on any atom is 0.224 e. The van der Waals surface area contributed by atoms with Crippen molar-refractivity contribution in [2.75, 3.05) is 36.4 Å². The predicted molar refractivity (Wildman–Crippen MR) is 99.5 cm³/mol. The van der Waals surface area contributed by atoms with E-state index in [9.17, 15) is 4.79 Å². The molecule has 2 N–H and O–H groups in total. The van der Waals surface area contributed by atoms with Crippen molar-refractivity contribution in [3.8, 4) is 0 Å². The number of carbonyl (C=O) groups is 1. The number of piperazine rings is 1. The Hall–Kier alpha value is -2.33. The standard InChI is InChI=1S/C20H25N3O/c24-20(8-4-7-17-5-2-1-3-6-17)22-18-9-11-19(12-10-18)23-15-13-21-14-16-23/h1-3,5-6,9-12,21H,4,7-8,13-16H2,(H,22,24). The van der Waals surface area contributed by atoms with Gasteiger partial charge in [-0.05, 0) is 42.7 Å². The summed E-state index contributed by atoms with van der Waals surface area (Å²) in [6.45, 7) is 4.12. The average Bonchev–Trinajstić information content (AvgIpc) is 2.64. The third kappa shape index (κ3) is 4.83. The molecule has 0 radical (unpaired) electrons. The number of nitrogens with zero attached hydrogens (tertiary/aromatic N) is 1. The minimum Gasteiger partial charge on any atom is -0.369 e. The maximum absolute atomic E-state index is 12.1. The molecule has 1 heterocycles.